The highest BCUT2D eigenvalue weighted by Gasteiger charge is 2.20. The summed E-state index contributed by atoms with van der Waals surface area (Å²) in [6.45, 7) is 5.69. The molecule has 1 aliphatic heterocycles. The minimum Gasteiger partial charge on any atom is -0.376 e. The number of hydrogen-bond donors (Lipinski definition) is 1. The van der Waals surface area contributed by atoms with Gasteiger partial charge in [0.2, 0.25) is 5.91 Å². The average Bonchev–Trinajstić information content (AvgIpc) is 3.38. The molecule has 0 spiro atoms. The number of anilines is 1. The first-order valence-electron chi connectivity index (χ1n) is 9.54. The molecular weight excluding hydrogens is 374 g/mol. The van der Waals surface area contributed by atoms with Gasteiger partial charge in [0.25, 0.3) is 0 Å². The lowest BCUT2D eigenvalue weighted by molar-refractivity contribution is -0.120. The second-order valence-electron chi connectivity index (χ2n) is 7.28. The first-order valence-corrected chi connectivity index (χ1v) is 10.4. The number of thiazole rings is 1. The van der Waals surface area contributed by atoms with Crippen molar-refractivity contribution in [1.82, 2.24) is 20.1 Å². The molecule has 0 aliphatic carbocycles. The third kappa shape index (κ3) is 3.88. The van der Waals surface area contributed by atoms with Crippen molar-refractivity contribution in [3.05, 3.63) is 35.5 Å². The third-order valence-corrected chi connectivity index (χ3v) is 6.15. The molecule has 1 amide bonds. The van der Waals surface area contributed by atoms with E-state index in [1.807, 2.05) is 35.7 Å². The number of hydrogen-bond acceptors (Lipinski definition) is 6. The summed E-state index contributed by atoms with van der Waals surface area (Å²) in [6.07, 6.45) is 2.24. The molecule has 1 atom stereocenters. The Hall–Kier alpha value is -2.45. The molecule has 1 N–H and O–H groups in total. The smallest absolute Gasteiger partial charge is 0.239 e. The number of rotatable bonds is 6. The van der Waals surface area contributed by atoms with E-state index in [-0.39, 0.29) is 18.6 Å². The molecule has 0 radical (unpaired) electrons. The van der Waals surface area contributed by atoms with Crippen LogP contribution in [0.25, 0.3) is 16.0 Å². The summed E-state index contributed by atoms with van der Waals surface area (Å²) in [4.78, 5) is 18.9. The van der Waals surface area contributed by atoms with Gasteiger partial charge in [-0.1, -0.05) is 23.5 Å². The minimum atomic E-state index is -0.0192. The minimum absolute atomic E-state index is 0.0192. The van der Waals surface area contributed by atoms with Crippen LogP contribution in [0.4, 0.5) is 5.13 Å². The van der Waals surface area contributed by atoms with Gasteiger partial charge >= 0.3 is 0 Å². The normalized spacial score (nSPS) is 16.6. The fourth-order valence-electron chi connectivity index (χ4n) is 3.40. The zero-order valence-electron chi connectivity index (χ0n) is 16.4. The molecule has 1 aliphatic rings. The molecule has 8 heteroatoms. The molecule has 3 aromatic rings. The molecule has 4 rings (SSSR count). The predicted octanol–water partition coefficient (Wildman–Crippen LogP) is 2.83. The number of likely N-dealkylation sites (N-methyl/N-ethyl adjacent to an activating group) is 1. The second kappa shape index (κ2) is 7.89. The van der Waals surface area contributed by atoms with Crippen molar-refractivity contribution in [3.8, 4) is 5.69 Å². The highest BCUT2D eigenvalue weighted by molar-refractivity contribution is 7.22. The number of nitrogens with one attached hydrogen (secondary N) is 1. The van der Waals surface area contributed by atoms with Crippen molar-refractivity contribution in [2.45, 2.75) is 32.8 Å². The highest BCUT2D eigenvalue weighted by atomic mass is 32.1. The van der Waals surface area contributed by atoms with Gasteiger partial charge in [0.1, 0.15) is 0 Å². The Bertz CT molecular complexity index is 990. The number of amides is 1. The maximum atomic E-state index is 12.3. The molecule has 1 aromatic carbocycles. The van der Waals surface area contributed by atoms with Crippen LogP contribution in [-0.4, -0.2) is 53.5 Å². The molecule has 3 heterocycles. The SMILES string of the molecule is Cc1cccc(-n2nc(C)c3sc(N(C)CC(=O)NCC4CCCO4)nc32)c1. The number of benzene rings is 1. The zero-order chi connectivity index (χ0) is 19.7. The summed E-state index contributed by atoms with van der Waals surface area (Å²) in [6, 6.07) is 8.20. The van der Waals surface area contributed by atoms with Crippen LogP contribution < -0.4 is 10.2 Å². The van der Waals surface area contributed by atoms with Crippen molar-refractivity contribution < 1.29 is 9.53 Å². The molecule has 1 unspecified atom stereocenters. The van der Waals surface area contributed by atoms with E-state index in [2.05, 4.69) is 29.5 Å². The maximum absolute atomic E-state index is 12.3. The van der Waals surface area contributed by atoms with Crippen LogP contribution in [0.5, 0.6) is 0 Å². The summed E-state index contributed by atoms with van der Waals surface area (Å²) < 4.78 is 8.47. The second-order valence-corrected chi connectivity index (χ2v) is 8.26. The Balaban J connectivity index is 1.49. The van der Waals surface area contributed by atoms with E-state index < -0.39 is 0 Å². The Morgan fingerprint density at radius 3 is 3.04 bits per heavy atom. The maximum Gasteiger partial charge on any atom is 0.239 e. The molecule has 1 fully saturated rings. The molecule has 0 saturated carbocycles. The van der Waals surface area contributed by atoms with Gasteiger partial charge in [0.15, 0.2) is 10.8 Å². The fourth-order valence-corrected chi connectivity index (χ4v) is 4.35. The largest absolute Gasteiger partial charge is 0.376 e. The van der Waals surface area contributed by atoms with E-state index in [1.165, 1.54) is 5.56 Å². The summed E-state index contributed by atoms with van der Waals surface area (Å²) in [5, 5.41) is 8.42. The quantitative estimate of drug-likeness (QED) is 0.690. The first-order chi connectivity index (χ1) is 13.5. The van der Waals surface area contributed by atoms with E-state index in [0.717, 1.165) is 46.3 Å². The summed E-state index contributed by atoms with van der Waals surface area (Å²) in [7, 11) is 1.89. The van der Waals surface area contributed by atoms with Gasteiger partial charge in [0.05, 0.1) is 28.7 Å². The molecule has 28 heavy (non-hydrogen) atoms. The summed E-state index contributed by atoms with van der Waals surface area (Å²) in [5.74, 6) is -0.0192. The first kappa shape index (κ1) is 18.9. The lowest BCUT2D eigenvalue weighted by Gasteiger charge is -2.16. The van der Waals surface area contributed by atoms with Crippen LogP contribution in [0.15, 0.2) is 24.3 Å². The Kier molecular flexibility index (Phi) is 5.32. The van der Waals surface area contributed by atoms with Gasteiger partial charge in [-0.2, -0.15) is 10.1 Å². The van der Waals surface area contributed by atoms with Gasteiger partial charge in [-0.3, -0.25) is 4.79 Å². The monoisotopic (exact) mass is 399 g/mol. The van der Waals surface area contributed by atoms with Crippen LogP contribution in [-0.2, 0) is 9.53 Å². The van der Waals surface area contributed by atoms with Crippen LogP contribution >= 0.6 is 11.3 Å². The van der Waals surface area contributed by atoms with Gasteiger partial charge < -0.3 is 15.0 Å². The third-order valence-electron chi connectivity index (χ3n) is 4.88. The van der Waals surface area contributed by atoms with Gasteiger partial charge in [-0.25, -0.2) is 4.68 Å². The lowest BCUT2D eigenvalue weighted by atomic mass is 10.2. The zero-order valence-corrected chi connectivity index (χ0v) is 17.3. The van der Waals surface area contributed by atoms with Crippen molar-refractivity contribution in [2.75, 3.05) is 31.6 Å². The van der Waals surface area contributed by atoms with E-state index in [4.69, 9.17) is 9.72 Å². The summed E-state index contributed by atoms with van der Waals surface area (Å²) in [5.41, 5.74) is 3.94. The molecule has 7 nitrogen and oxygen atoms in total. The molecule has 148 valence electrons. The average molecular weight is 400 g/mol. The number of nitrogens with zero attached hydrogens (tertiary/aromatic N) is 4. The number of carbonyl (C=O) groups is 1. The molecule has 2 aromatic heterocycles. The molecule has 1 saturated heterocycles. The van der Waals surface area contributed by atoms with Gasteiger partial charge in [-0.15, -0.1) is 0 Å². The Labute approximate surface area is 168 Å². The van der Waals surface area contributed by atoms with E-state index >= 15 is 0 Å². The number of aromatic nitrogens is 3. The highest BCUT2D eigenvalue weighted by Crippen LogP contribution is 2.32. The van der Waals surface area contributed by atoms with Crippen LogP contribution in [0.2, 0.25) is 0 Å². The van der Waals surface area contributed by atoms with E-state index in [9.17, 15) is 4.79 Å². The van der Waals surface area contributed by atoms with Crippen LogP contribution in [0, 0.1) is 13.8 Å². The predicted molar refractivity (Wildman–Crippen MR) is 111 cm³/mol. The Morgan fingerprint density at radius 1 is 1.43 bits per heavy atom. The molecule has 0 bridgehead atoms. The summed E-state index contributed by atoms with van der Waals surface area (Å²) >= 11 is 1.56. The fraction of sp³-hybridized carbons (Fsp3) is 0.450. The van der Waals surface area contributed by atoms with E-state index in [1.54, 1.807) is 11.3 Å². The Morgan fingerprint density at radius 2 is 2.29 bits per heavy atom. The van der Waals surface area contributed by atoms with E-state index in [0.29, 0.717) is 6.54 Å². The standard InChI is InChI=1S/C20H25N5O2S/c1-13-6-4-7-15(10-13)25-19-18(14(2)23-25)28-20(22-19)24(3)12-17(26)21-11-16-8-5-9-27-16/h4,6-7,10,16H,5,8-9,11-12H2,1-3H3,(H,21,26). The topological polar surface area (TPSA) is 72.3 Å². The lowest BCUT2D eigenvalue weighted by Crippen LogP contribution is -2.38. The van der Waals surface area contributed by atoms with Crippen molar-refractivity contribution >= 4 is 32.7 Å². The van der Waals surface area contributed by atoms with Gasteiger partial charge in [-0.05, 0) is 44.4 Å². The number of ether oxygens (including phenoxy) is 1. The van der Waals surface area contributed by atoms with Crippen LogP contribution in [0.1, 0.15) is 24.1 Å². The van der Waals surface area contributed by atoms with Crippen LogP contribution in [0.3, 0.4) is 0 Å². The van der Waals surface area contributed by atoms with Crippen molar-refractivity contribution in [3.63, 3.8) is 0 Å². The van der Waals surface area contributed by atoms with Crippen molar-refractivity contribution in [2.24, 2.45) is 0 Å². The number of fused-ring (bicyclic) bond motifs is 1. The van der Waals surface area contributed by atoms with Gasteiger partial charge in [0, 0.05) is 20.2 Å². The van der Waals surface area contributed by atoms with Crippen molar-refractivity contribution in [1.29, 1.82) is 0 Å². The molecular formula is C20H25N5O2S. The number of aryl methyl sites for hydroxylation is 2. The number of carbonyl (C=O) groups excluding carboxylic acids is 1.